The van der Waals surface area contributed by atoms with E-state index in [-0.39, 0.29) is 16.5 Å². The molecule has 0 amide bonds. The Kier molecular flexibility index (Phi) is 3.94. The average Bonchev–Trinajstić information content (AvgIpc) is 2.26. The number of nitro benzene ring substituents is 1. The zero-order chi connectivity index (χ0) is 12.3. The van der Waals surface area contributed by atoms with E-state index in [1.54, 1.807) is 0 Å². The molecule has 1 aromatic carbocycles. The van der Waals surface area contributed by atoms with Crippen molar-refractivity contribution >= 4 is 27.6 Å². The number of halogens is 2. The van der Waals surface area contributed by atoms with E-state index >= 15 is 0 Å². The molecule has 0 atom stereocenters. The molecule has 0 bridgehead atoms. The number of benzene rings is 1. The number of hydrogen-bond donors (Lipinski definition) is 0. The lowest BCUT2D eigenvalue weighted by Gasteiger charge is -2.04. The van der Waals surface area contributed by atoms with Crippen molar-refractivity contribution in [2.24, 2.45) is 0 Å². The van der Waals surface area contributed by atoms with Crippen molar-refractivity contribution in [3.05, 3.63) is 39.2 Å². The lowest BCUT2D eigenvalue weighted by molar-refractivity contribution is -0.385. The number of carbonyl (C=O) groups excluding carboxylic acids is 1. The van der Waals surface area contributed by atoms with Gasteiger partial charge in [0, 0.05) is 11.4 Å². The molecule has 0 aliphatic heterocycles. The van der Waals surface area contributed by atoms with Gasteiger partial charge in [-0.1, -0.05) is 15.9 Å². The molecule has 16 heavy (non-hydrogen) atoms. The lowest BCUT2D eigenvalue weighted by atomic mass is 10.1. The third-order valence-corrected chi connectivity index (χ3v) is 2.48. The fourth-order valence-electron chi connectivity index (χ4n) is 1.15. The standard InChI is InChI=1S/C9H7BrFNO4/c1-16-9(13)5-2-7(11)6(4-10)8(3-5)12(14)15/h2-3H,4H2,1H3. The first-order valence-corrected chi connectivity index (χ1v) is 5.24. The number of esters is 1. The molecule has 0 N–H and O–H groups in total. The van der Waals surface area contributed by atoms with Crippen LogP contribution in [0.4, 0.5) is 10.1 Å². The SMILES string of the molecule is COC(=O)c1cc(F)c(CBr)c([N+](=O)[O-])c1. The van der Waals surface area contributed by atoms with Gasteiger partial charge in [0.05, 0.1) is 23.2 Å². The van der Waals surface area contributed by atoms with Crippen molar-refractivity contribution in [2.45, 2.75) is 5.33 Å². The molecular formula is C9H7BrFNO4. The number of carbonyl (C=O) groups is 1. The van der Waals surface area contributed by atoms with E-state index in [0.717, 1.165) is 19.2 Å². The molecule has 5 nitrogen and oxygen atoms in total. The Hall–Kier alpha value is -1.50. The zero-order valence-corrected chi connectivity index (χ0v) is 9.78. The Bertz CT molecular complexity index is 449. The fourth-order valence-corrected chi connectivity index (χ4v) is 1.71. The predicted octanol–water partition coefficient (Wildman–Crippen LogP) is 2.42. The Labute approximate surface area is 98.5 Å². The molecule has 0 aromatic heterocycles. The number of alkyl halides is 1. The van der Waals surface area contributed by atoms with Crippen LogP contribution in [0.1, 0.15) is 15.9 Å². The molecule has 1 rings (SSSR count). The van der Waals surface area contributed by atoms with Crippen molar-refractivity contribution in [1.29, 1.82) is 0 Å². The summed E-state index contributed by atoms with van der Waals surface area (Å²) in [7, 11) is 1.12. The number of ether oxygens (including phenoxy) is 1. The second kappa shape index (κ2) is 5.02. The van der Waals surface area contributed by atoms with Crippen LogP contribution < -0.4 is 0 Å². The van der Waals surface area contributed by atoms with Crippen LogP contribution in [0.5, 0.6) is 0 Å². The maximum atomic E-state index is 13.4. The quantitative estimate of drug-likeness (QED) is 0.371. The highest BCUT2D eigenvalue weighted by atomic mass is 79.9. The van der Waals surface area contributed by atoms with E-state index < -0.39 is 22.4 Å². The number of rotatable bonds is 3. The van der Waals surface area contributed by atoms with Crippen molar-refractivity contribution in [2.75, 3.05) is 7.11 Å². The van der Waals surface area contributed by atoms with Crippen molar-refractivity contribution in [1.82, 2.24) is 0 Å². The highest BCUT2D eigenvalue weighted by Crippen LogP contribution is 2.26. The second-order valence-corrected chi connectivity index (χ2v) is 3.40. The molecule has 86 valence electrons. The van der Waals surface area contributed by atoms with Crippen molar-refractivity contribution in [3.8, 4) is 0 Å². The number of nitrogens with zero attached hydrogens (tertiary/aromatic N) is 1. The van der Waals surface area contributed by atoms with Gasteiger partial charge in [-0.15, -0.1) is 0 Å². The van der Waals surface area contributed by atoms with Crippen LogP contribution in [0.15, 0.2) is 12.1 Å². The summed E-state index contributed by atoms with van der Waals surface area (Å²) in [6.45, 7) is 0. The molecule has 0 heterocycles. The van der Waals surface area contributed by atoms with E-state index in [9.17, 15) is 19.3 Å². The van der Waals surface area contributed by atoms with Crippen LogP contribution in [-0.2, 0) is 10.1 Å². The molecule has 0 saturated heterocycles. The topological polar surface area (TPSA) is 69.4 Å². The van der Waals surface area contributed by atoms with Gasteiger partial charge in [-0.05, 0) is 6.07 Å². The number of hydrogen-bond acceptors (Lipinski definition) is 4. The molecule has 7 heteroatoms. The minimum atomic E-state index is -0.817. The van der Waals surface area contributed by atoms with Crippen LogP contribution >= 0.6 is 15.9 Å². The third kappa shape index (κ3) is 2.35. The summed E-state index contributed by atoms with van der Waals surface area (Å²) >= 11 is 2.95. The fraction of sp³-hybridized carbons (Fsp3) is 0.222. The monoisotopic (exact) mass is 291 g/mol. The number of methoxy groups -OCH3 is 1. The first-order valence-electron chi connectivity index (χ1n) is 4.12. The van der Waals surface area contributed by atoms with Crippen LogP contribution in [-0.4, -0.2) is 18.0 Å². The summed E-state index contributed by atoms with van der Waals surface area (Å²) < 4.78 is 17.8. The minimum Gasteiger partial charge on any atom is -0.465 e. The maximum Gasteiger partial charge on any atom is 0.338 e. The van der Waals surface area contributed by atoms with Crippen LogP contribution in [0.2, 0.25) is 0 Å². The molecule has 0 fully saturated rings. The second-order valence-electron chi connectivity index (χ2n) is 2.84. The highest BCUT2D eigenvalue weighted by Gasteiger charge is 2.21. The number of nitro groups is 1. The molecule has 1 aromatic rings. The van der Waals surface area contributed by atoms with Gasteiger partial charge in [0.1, 0.15) is 5.82 Å². The molecule has 0 saturated carbocycles. The molecule has 0 unspecified atom stereocenters. The molecule has 0 radical (unpaired) electrons. The van der Waals surface area contributed by atoms with E-state index in [1.165, 1.54) is 0 Å². The van der Waals surface area contributed by atoms with E-state index in [2.05, 4.69) is 20.7 Å². The van der Waals surface area contributed by atoms with Crippen LogP contribution in [0, 0.1) is 15.9 Å². The third-order valence-electron chi connectivity index (χ3n) is 1.92. The van der Waals surface area contributed by atoms with Crippen LogP contribution in [0.3, 0.4) is 0 Å². The Balaban J connectivity index is 3.39. The normalized spacial score (nSPS) is 9.94. The Morgan fingerprint density at radius 1 is 1.62 bits per heavy atom. The van der Waals surface area contributed by atoms with E-state index in [4.69, 9.17) is 0 Å². The van der Waals surface area contributed by atoms with Gasteiger partial charge in [0.15, 0.2) is 0 Å². The zero-order valence-electron chi connectivity index (χ0n) is 8.20. The summed E-state index contributed by atoms with van der Waals surface area (Å²) in [5.74, 6) is -1.63. The summed E-state index contributed by atoms with van der Waals surface area (Å²) in [6.07, 6.45) is 0. The van der Waals surface area contributed by atoms with Gasteiger partial charge in [0.2, 0.25) is 0 Å². The maximum absolute atomic E-state index is 13.4. The molecular weight excluding hydrogens is 285 g/mol. The molecule has 0 aliphatic carbocycles. The van der Waals surface area contributed by atoms with Gasteiger partial charge >= 0.3 is 5.97 Å². The first-order chi connectivity index (χ1) is 7.51. The van der Waals surface area contributed by atoms with Gasteiger partial charge in [-0.2, -0.15) is 0 Å². The van der Waals surface area contributed by atoms with Gasteiger partial charge < -0.3 is 4.74 Å². The van der Waals surface area contributed by atoms with Gasteiger partial charge in [-0.3, -0.25) is 10.1 Å². The van der Waals surface area contributed by atoms with Crippen LogP contribution in [0.25, 0.3) is 0 Å². The van der Waals surface area contributed by atoms with Gasteiger partial charge in [-0.25, -0.2) is 9.18 Å². The summed E-state index contributed by atoms with van der Waals surface area (Å²) in [6, 6.07) is 1.90. The van der Waals surface area contributed by atoms with E-state index in [1.807, 2.05) is 0 Å². The predicted molar refractivity (Wildman–Crippen MR) is 57.0 cm³/mol. The van der Waals surface area contributed by atoms with E-state index in [0.29, 0.717) is 0 Å². The highest BCUT2D eigenvalue weighted by molar-refractivity contribution is 9.08. The van der Waals surface area contributed by atoms with Crippen molar-refractivity contribution < 1.29 is 18.8 Å². The average molecular weight is 292 g/mol. The summed E-state index contributed by atoms with van der Waals surface area (Å²) in [5.41, 5.74) is -0.730. The molecule has 0 spiro atoms. The summed E-state index contributed by atoms with van der Waals surface area (Å²) in [5, 5.41) is 10.7. The largest absolute Gasteiger partial charge is 0.465 e. The smallest absolute Gasteiger partial charge is 0.338 e. The minimum absolute atomic E-state index is 0.00337. The Morgan fingerprint density at radius 3 is 2.69 bits per heavy atom. The lowest BCUT2D eigenvalue weighted by Crippen LogP contribution is -2.05. The van der Waals surface area contributed by atoms with Crippen molar-refractivity contribution in [3.63, 3.8) is 0 Å². The Morgan fingerprint density at radius 2 is 2.25 bits per heavy atom. The van der Waals surface area contributed by atoms with Gasteiger partial charge in [0.25, 0.3) is 5.69 Å². The molecule has 0 aliphatic rings. The first kappa shape index (κ1) is 12.6. The summed E-state index contributed by atoms with van der Waals surface area (Å²) in [4.78, 5) is 21.0.